The SMILES string of the molecule is Cc1ccc(C(C)C)c2cc(C=O)c(O)cc12. The first kappa shape index (κ1) is 11.6. The first-order valence-electron chi connectivity index (χ1n) is 5.76. The largest absolute Gasteiger partial charge is 0.507 e. The molecule has 0 bridgehead atoms. The molecule has 2 nitrogen and oxygen atoms in total. The minimum absolute atomic E-state index is 0.0523. The van der Waals surface area contributed by atoms with Crippen molar-refractivity contribution in [1.29, 1.82) is 0 Å². The van der Waals surface area contributed by atoms with Gasteiger partial charge in [-0.25, -0.2) is 0 Å². The maximum absolute atomic E-state index is 10.9. The normalized spacial score (nSPS) is 11.1. The second-order valence-electron chi connectivity index (χ2n) is 4.70. The predicted octanol–water partition coefficient (Wildman–Crippen LogP) is 3.79. The van der Waals surface area contributed by atoms with Gasteiger partial charge in [-0.3, -0.25) is 4.79 Å². The summed E-state index contributed by atoms with van der Waals surface area (Å²) < 4.78 is 0. The van der Waals surface area contributed by atoms with Gasteiger partial charge in [-0.2, -0.15) is 0 Å². The molecule has 0 spiro atoms. The third kappa shape index (κ3) is 1.91. The van der Waals surface area contributed by atoms with E-state index in [1.807, 2.05) is 6.92 Å². The highest BCUT2D eigenvalue weighted by molar-refractivity contribution is 5.95. The summed E-state index contributed by atoms with van der Waals surface area (Å²) in [5, 5.41) is 11.8. The van der Waals surface area contributed by atoms with E-state index < -0.39 is 0 Å². The Kier molecular flexibility index (Phi) is 2.88. The molecule has 2 heteroatoms. The maximum atomic E-state index is 10.9. The summed E-state index contributed by atoms with van der Waals surface area (Å²) in [6, 6.07) is 7.60. The fraction of sp³-hybridized carbons (Fsp3) is 0.267. The van der Waals surface area contributed by atoms with Gasteiger partial charge in [0.15, 0.2) is 6.29 Å². The first-order valence-corrected chi connectivity index (χ1v) is 5.76. The molecule has 0 saturated carbocycles. The zero-order valence-electron chi connectivity index (χ0n) is 10.3. The Balaban J connectivity index is 2.88. The molecule has 0 saturated heterocycles. The number of aldehydes is 1. The van der Waals surface area contributed by atoms with Crippen molar-refractivity contribution in [1.82, 2.24) is 0 Å². The number of rotatable bonds is 2. The lowest BCUT2D eigenvalue weighted by molar-refractivity contribution is 0.112. The van der Waals surface area contributed by atoms with Crippen molar-refractivity contribution < 1.29 is 9.90 Å². The molecule has 0 aromatic heterocycles. The van der Waals surface area contributed by atoms with E-state index in [0.29, 0.717) is 17.8 Å². The van der Waals surface area contributed by atoms with Gasteiger partial charge in [-0.15, -0.1) is 0 Å². The molecule has 2 rings (SSSR count). The molecule has 88 valence electrons. The standard InChI is InChI=1S/C15H16O2/c1-9(2)12-5-4-10(3)13-7-15(17)11(8-16)6-14(12)13/h4-9,17H,1-3H3. The van der Waals surface area contributed by atoms with Crippen LogP contribution in [0, 0.1) is 6.92 Å². The molecule has 0 aliphatic heterocycles. The van der Waals surface area contributed by atoms with Crippen molar-refractivity contribution in [2.24, 2.45) is 0 Å². The number of hydrogen-bond acceptors (Lipinski definition) is 2. The molecule has 0 unspecified atom stereocenters. The van der Waals surface area contributed by atoms with Crippen LogP contribution in [0.15, 0.2) is 24.3 Å². The second kappa shape index (κ2) is 4.21. The number of carbonyl (C=O) groups is 1. The molecule has 0 amide bonds. The molecule has 17 heavy (non-hydrogen) atoms. The van der Waals surface area contributed by atoms with E-state index in [1.54, 1.807) is 12.1 Å². The van der Waals surface area contributed by atoms with E-state index in [2.05, 4.69) is 26.0 Å². The number of phenolic OH excluding ortho intramolecular Hbond substituents is 1. The smallest absolute Gasteiger partial charge is 0.153 e. The van der Waals surface area contributed by atoms with E-state index in [4.69, 9.17) is 0 Å². The Morgan fingerprint density at radius 3 is 2.47 bits per heavy atom. The average molecular weight is 228 g/mol. The summed E-state index contributed by atoms with van der Waals surface area (Å²) >= 11 is 0. The summed E-state index contributed by atoms with van der Waals surface area (Å²) in [6.45, 7) is 6.25. The Hall–Kier alpha value is -1.83. The number of carbonyl (C=O) groups excluding carboxylic acids is 1. The zero-order chi connectivity index (χ0) is 12.6. The highest BCUT2D eigenvalue weighted by Crippen LogP contribution is 2.32. The van der Waals surface area contributed by atoms with Crippen molar-refractivity contribution in [2.75, 3.05) is 0 Å². The molecule has 2 aromatic rings. The predicted molar refractivity (Wildman–Crippen MR) is 69.8 cm³/mol. The van der Waals surface area contributed by atoms with Crippen LogP contribution >= 0.6 is 0 Å². The number of fused-ring (bicyclic) bond motifs is 1. The van der Waals surface area contributed by atoms with E-state index in [9.17, 15) is 9.90 Å². The van der Waals surface area contributed by atoms with Crippen molar-refractivity contribution in [3.63, 3.8) is 0 Å². The minimum atomic E-state index is 0.0523. The number of phenols is 1. The van der Waals surface area contributed by atoms with E-state index in [0.717, 1.165) is 16.3 Å². The van der Waals surface area contributed by atoms with Gasteiger partial charge in [-0.05, 0) is 46.9 Å². The van der Waals surface area contributed by atoms with Gasteiger partial charge in [-0.1, -0.05) is 26.0 Å². The van der Waals surface area contributed by atoms with Crippen LogP contribution < -0.4 is 0 Å². The molecule has 0 atom stereocenters. The van der Waals surface area contributed by atoms with Crippen molar-refractivity contribution in [3.8, 4) is 5.75 Å². The minimum Gasteiger partial charge on any atom is -0.507 e. The number of aryl methyl sites for hydroxylation is 1. The fourth-order valence-electron chi connectivity index (χ4n) is 2.16. The number of benzene rings is 2. The van der Waals surface area contributed by atoms with E-state index >= 15 is 0 Å². The van der Waals surface area contributed by atoms with Crippen LogP contribution in [0.1, 0.15) is 41.3 Å². The van der Waals surface area contributed by atoms with Gasteiger partial charge in [0.25, 0.3) is 0 Å². The third-order valence-corrected chi connectivity index (χ3v) is 3.16. The molecule has 0 heterocycles. The monoisotopic (exact) mass is 228 g/mol. The van der Waals surface area contributed by atoms with Gasteiger partial charge < -0.3 is 5.11 Å². The average Bonchev–Trinajstić information content (AvgIpc) is 2.29. The van der Waals surface area contributed by atoms with E-state index in [-0.39, 0.29) is 5.75 Å². The van der Waals surface area contributed by atoms with Gasteiger partial charge in [0.2, 0.25) is 0 Å². The van der Waals surface area contributed by atoms with Crippen molar-refractivity contribution >= 4 is 17.1 Å². The maximum Gasteiger partial charge on any atom is 0.153 e. The van der Waals surface area contributed by atoms with E-state index in [1.165, 1.54) is 5.56 Å². The highest BCUT2D eigenvalue weighted by atomic mass is 16.3. The highest BCUT2D eigenvalue weighted by Gasteiger charge is 2.10. The Morgan fingerprint density at radius 1 is 1.18 bits per heavy atom. The summed E-state index contributed by atoms with van der Waals surface area (Å²) in [6.07, 6.45) is 0.696. The van der Waals surface area contributed by atoms with Crippen LogP contribution in [0.3, 0.4) is 0 Å². The van der Waals surface area contributed by atoms with Gasteiger partial charge in [0, 0.05) is 0 Å². The lowest BCUT2D eigenvalue weighted by Crippen LogP contribution is -1.93. The summed E-state index contributed by atoms with van der Waals surface area (Å²) in [7, 11) is 0. The zero-order valence-corrected chi connectivity index (χ0v) is 10.3. The van der Waals surface area contributed by atoms with Crippen LogP contribution in [0.4, 0.5) is 0 Å². The molecule has 0 aliphatic rings. The quantitative estimate of drug-likeness (QED) is 0.794. The molecular weight excluding hydrogens is 212 g/mol. The molecule has 0 aliphatic carbocycles. The van der Waals surface area contributed by atoms with Gasteiger partial charge in [0.05, 0.1) is 5.56 Å². The van der Waals surface area contributed by atoms with Crippen LogP contribution in [0.2, 0.25) is 0 Å². The lowest BCUT2D eigenvalue weighted by atomic mass is 9.92. The molecule has 0 fully saturated rings. The van der Waals surface area contributed by atoms with Crippen molar-refractivity contribution in [3.05, 3.63) is 41.0 Å². The Labute approximate surface area is 101 Å². The molecular formula is C15H16O2. The van der Waals surface area contributed by atoms with Crippen LogP contribution in [0.25, 0.3) is 10.8 Å². The van der Waals surface area contributed by atoms with Crippen LogP contribution in [-0.2, 0) is 0 Å². The third-order valence-electron chi connectivity index (χ3n) is 3.16. The summed E-state index contributed by atoms with van der Waals surface area (Å²) in [5.41, 5.74) is 2.66. The summed E-state index contributed by atoms with van der Waals surface area (Å²) in [5.74, 6) is 0.443. The fourth-order valence-corrected chi connectivity index (χ4v) is 2.16. The summed E-state index contributed by atoms with van der Waals surface area (Å²) in [4.78, 5) is 10.9. The van der Waals surface area contributed by atoms with Gasteiger partial charge >= 0.3 is 0 Å². The lowest BCUT2D eigenvalue weighted by Gasteiger charge is -2.13. The Bertz CT molecular complexity index is 583. The topological polar surface area (TPSA) is 37.3 Å². The molecule has 0 radical (unpaired) electrons. The molecule has 1 N–H and O–H groups in total. The van der Waals surface area contributed by atoms with Crippen LogP contribution in [0.5, 0.6) is 5.75 Å². The van der Waals surface area contributed by atoms with Crippen LogP contribution in [-0.4, -0.2) is 11.4 Å². The second-order valence-corrected chi connectivity index (χ2v) is 4.70. The first-order chi connectivity index (χ1) is 8.04. The number of hydrogen-bond donors (Lipinski definition) is 1. The van der Waals surface area contributed by atoms with Gasteiger partial charge in [0.1, 0.15) is 5.75 Å². The van der Waals surface area contributed by atoms with Crippen molar-refractivity contribution in [2.45, 2.75) is 26.7 Å². The Morgan fingerprint density at radius 2 is 1.88 bits per heavy atom. The number of aromatic hydroxyl groups is 1. The molecule has 2 aromatic carbocycles.